The maximum atomic E-state index is 4.47. The Morgan fingerprint density at radius 3 is 2.62 bits per heavy atom. The van der Waals surface area contributed by atoms with Gasteiger partial charge in [0, 0.05) is 18.8 Å². The molecule has 0 aliphatic carbocycles. The minimum absolute atomic E-state index is 0.0909. The van der Waals surface area contributed by atoms with E-state index in [1.54, 1.807) is 0 Å². The lowest BCUT2D eigenvalue weighted by molar-refractivity contribution is 0.353. The first kappa shape index (κ1) is 11.6. The van der Waals surface area contributed by atoms with Crippen molar-refractivity contribution in [2.45, 2.75) is 58.0 Å². The number of piperidine rings is 1. The Balaban J connectivity index is 2.08. The summed E-state index contributed by atoms with van der Waals surface area (Å²) in [5, 5.41) is 8.01. The molecule has 1 saturated heterocycles. The van der Waals surface area contributed by atoms with Crippen LogP contribution in [-0.2, 0) is 5.54 Å². The highest BCUT2D eigenvalue weighted by Gasteiger charge is 2.22. The van der Waals surface area contributed by atoms with E-state index in [9.17, 15) is 0 Å². The Morgan fingerprint density at radius 1 is 1.38 bits per heavy atom. The van der Waals surface area contributed by atoms with E-state index in [2.05, 4.69) is 49.0 Å². The van der Waals surface area contributed by atoms with Crippen molar-refractivity contribution in [3.05, 3.63) is 18.0 Å². The third-order valence-electron chi connectivity index (χ3n) is 3.42. The van der Waals surface area contributed by atoms with Crippen molar-refractivity contribution < 1.29 is 0 Å². The quantitative estimate of drug-likeness (QED) is 0.789. The summed E-state index contributed by atoms with van der Waals surface area (Å²) in [6.07, 6.45) is 6.80. The van der Waals surface area contributed by atoms with E-state index in [1.807, 2.05) is 6.20 Å². The summed E-state index contributed by atoms with van der Waals surface area (Å²) in [5.41, 5.74) is 1.47. The van der Waals surface area contributed by atoms with Gasteiger partial charge in [-0.05, 0) is 52.0 Å². The highest BCUT2D eigenvalue weighted by atomic mass is 15.3. The molecule has 2 unspecified atom stereocenters. The molecule has 1 aliphatic heterocycles. The van der Waals surface area contributed by atoms with Gasteiger partial charge in [-0.1, -0.05) is 0 Å². The van der Waals surface area contributed by atoms with Gasteiger partial charge in [-0.15, -0.1) is 0 Å². The fraction of sp³-hybridized carbons (Fsp3) is 0.769. The molecule has 3 nitrogen and oxygen atoms in total. The van der Waals surface area contributed by atoms with E-state index in [4.69, 9.17) is 0 Å². The molecule has 1 aromatic rings. The molecule has 1 N–H and O–H groups in total. The van der Waals surface area contributed by atoms with Gasteiger partial charge in [-0.2, -0.15) is 5.10 Å². The van der Waals surface area contributed by atoms with E-state index in [-0.39, 0.29) is 5.54 Å². The van der Waals surface area contributed by atoms with Crippen LogP contribution in [-0.4, -0.2) is 22.4 Å². The van der Waals surface area contributed by atoms with Crippen LogP contribution in [0.15, 0.2) is 12.4 Å². The maximum absolute atomic E-state index is 4.47. The predicted octanol–water partition coefficient (Wildman–Crippen LogP) is 2.49. The monoisotopic (exact) mass is 221 g/mol. The molecule has 0 amide bonds. The van der Waals surface area contributed by atoms with Crippen molar-refractivity contribution in [1.29, 1.82) is 0 Å². The molecule has 90 valence electrons. The normalized spacial score (nSPS) is 27.0. The molecule has 2 rings (SSSR count). The molecule has 0 spiro atoms. The van der Waals surface area contributed by atoms with Gasteiger partial charge in [0.15, 0.2) is 0 Å². The fourth-order valence-electron chi connectivity index (χ4n) is 2.20. The van der Waals surface area contributed by atoms with Crippen LogP contribution in [0.3, 0.4) is 0 Å². The molecule has 2 heterocycles. The number of nitrogens with zero attached hydrogens (tertiary/aromatic N) is 2. The molecule has 2 atom stereocenters. The number of hydrogen-bond donors (Lipinski definition) is 1. The molecular formula is C13H23N3. The first-order chi connectivity index (χ1) is 7.47. The molecule has 0 radical (unpaired) electrons. The van der Waals surface area contributed by atoms with Crippen LogP contribution >= 0.6 is 0 Å². The Bertz CT molecular complexity index is 340. The summed E-state index contributed by atoms with van der Waals surface area (Å²) < 4.78 is 2.07. The van der Waals surface area contributed by atoms with Gasteiger partial charge in [-0.25, -0.2) is 0 Å². The van der Waals surface area contributed by atoms with Crippen molar-refractivity contribution in [2.24, 2.45) is 0 Å². The largest absolute Gasteiger partial charge is 0.314 e. The van der Waals surface area contributed by atoms with Crippen LogP contribution < -0.4 is 5.32 Å². The SMILES string of the molecule is CC1CCC(c2cnn(C(C)(C)C)c2)CN1. The molecule has 0 saturated carbocycles. The van der Waals surface area contributed by atoms with Crippen molar-refractivity contribution in [3.63, 3.8) is 0 Å². The van der Waals surface area contributed by atoms with Crippen LogP contribution in [0.5, 0.6) is 0 Å². The summed E-state index contributed by atoms with van der Waals surface area (Å²) in [6.45, 7) is 9.91. The predicted molar refractivity (Wildman–Crippen MR) is 66.7 cm³/mol. The first-order valence-corrected chi connectivity index (χ1v) is 6.25. The van der Waals surface area contributed by atoms with Crippen molar-refractivity contribution in [2.75, 3.05) is 6.54 Å². The number of hydrogen-bond acceptors (Lipinski definition) is 2. The lowest BCUT2D eigenvalue weighted by atomic mass is 9.91. The van der Waals surface area contributed by atoms with Gasteiger partial charge in [0.1, 0.15) is 0 Å². The zero-order valence-corrected chi connectivity index (χ0v) is 10.8. The number of nitrogens with one attached hydrogen (secondary N) is 1. The average molecular weight is 221 g/mol. The van der Waals surface area contributed by atoms with Gasteiger partial charge in [0.05, 0.1) is 11.7 Å². The first-order valence-electron chi connectivity index (χ1n) is 6.25. The van der Waals surface area contributed by atoms with E-state index in [0.29, 0.717) is 12.0 Å². The molecule has 3 heteroatoms. The second-order valence-corrected chi connectivity index (χ2v) is 5.97. The topological polar surface area (TPSA) is 29.9 Å². The summed E-state index contributed by atoms with van der Waals surface area (Å²) in [4.78, 5) is 0. The molecule has 1 aliphatic rings. The van der Waals surface area contributed by atoms with Gasteiger partial charge >= 0.3 is 0 Å². The fourth-order valence-corrected chi connectivity index (χ4v) is 2.20. The van der Waals surface area contributed by atoms with Crippen molar-refractivity contribution >= 4 is 0 Å². The lowest BCUT2D eigenvalue weighted by Gasteiger charge is -2.27. The van der Waals surface area contributed by atoms with Crippen LogP contribution in [0.1, 0.15) is 52.0 Å². The minimum atomic E-state index is 0.0909. The Labute approximate surface area is 98.2 Å². The Hall–Kier alpha value is -0.830. The number of aromatic nitrogens is 2. The second kappa shape index (κ2) is 4.21. The molecule has 1 aromatic heterocycles. The highest BCUT2D eigenvalue weighted by molar-refractivity contribution is 5.14. The third-order valence-corrected chi connectivity index (χ3v) is 3.42. The average Bonchev–Trinajstić information content (AvgIpc) is 2.67. The Morgan fingerprint density at radius 2 is 2.12 bits per heavy atom. The lowest BCUT2D eigenvalue weighted by Crippen LogP contribution is -2.35. The van der Waals surface area contributed by atoms with Gasteiger partial charge in [0.25, 0.3) is 0 Å². The van der Waals surface area contributed by atoms with E-state index in [1.165, 1.54) is 18.4 Å². The maximum Gasteiger partial charge on any atom is 0.0543 e. The smallest absolute Gasteiger partial charge is 0.0543 e. The van der Waals surface area contributed by atoms with Gasteiger partial charge in [-0.3, -0.25) is 4.68 Å². The molecule has 1 fully saturated rings. The van der Waals surface area contributed by atoms with Gasteiger partial charge in [0.2, 0.25) is 0 Å². The van der Waals surface area contributed by atoms with Crippen LogP contribution in [0.25, 0.3) is 0 Å². The molecule has 0 aromatic carbocycles. The Kier molecular flexibility index (Phi) is 3.06. The summed E-state index contributed by atoms with van der Waals surface area (Å²) in [5.74, 6) is 0.646. The third kappa shape index (κ3) is 2.46. The standard InChI is InChI=1S/C13H23N3/c1-10-5-6-11(7-14-10)12-8-15-16(9-12)13(2,3)4/h8-11,14H,5-7H2,1-4H3. The van der Waals surface area contributed by atoms with E-state index in [0.717, 1.165) is 6.54 Å². The zero-order valence-electron chi connectivity index (χ0n) is 10.8. The van der Waals surface area contributed by atoms with Crippen LogP contribution in [0.4, 0.5) is 0 Å². The van der Waals surface area contributed by atoms with Gasteiger partial charge < -0.3 is 5.32 Å². The second-order valence-electron chi connectivity index (χ2n) is 5.97. The number of rotatable bonds is 1. The van der Waals surface area contributed by atoms with E-state index < -0.39 is 0 Å². The zero-order chi connectivity index (χ0) is 11.8. The van der Waals surface area contributed by atoms with Crippen molar-refractivity contribution in [3.8, 4) is 0 Å². The van der Waals surface area contributed by atoms with E-state index >= 15 is 0 Å². The summed E-state index contributed by atoms with van der Waals surface area (Å²) >= 11 is 0. The molecule has 16 heavy (non-hydrogen) atoms. The minimum Gasteiger partial charge on any atom is -0.314 e. The molecule has 0 bridgehead atoms. The summed E-state index contributed by atoms with van der Waals surface area (Å²) in [7, 11) is 0. The van der Waals surface area contributed by atoms with Crippen LogP contribution in [0, 0.1) is 0 Å². The van der Waals surface area contributed by atoms with Crippen molar-refractivity contribution in [1.82, 2.24) is 15.1 Å². The highest BCUT2D eigenvalue weighted by Crippen LogP contribution is 2.26. The summed E-state index contributed by atoms with van der Waals surface area (Å²) in [6, 6.07) is 0.675. The molecular weight excluding hydrogens is 198 g/mol. The van der Waals surface area contributed by atoms with Crippen LogP contribution in [0.2, 0.25) is 0 Å².